The minimum absolute atomic E-state index is 0.0405. The van der Waals surface area contributed by atoms with Crippen molar-refractivity contribution < 1.29 is 4.79 Å². The van der Waals surface area contributed by atoms with Crippen LogP contribution in [0.5, 0.6) is 0 Å². The quantitative estimate of drug-likeness (QED) is 0.713. The molecular formula is C14H11Br2NO2S. The Hall–Kier alpha value is -0.720. The summed E-state index contributed by atoms with van der Waals surface area (Å²) in [5.74, 6) is -0.0405. The minimum Gasteiger partial charge on any atom is -0.305 e. The number of carbonyl (C=O) groups excluding carboxylic acids is 1. The van der Waals surface area contributed by atoms with Crippen molar-refractivity contribution in [2.75, 3.05) is 0 Å². The molecule has 104 valence electrons. The Morgan fingerprint density at radius 2 is 2.10 bits per heavy atom. The highest BCUT2D eigenvalue weighted by atomic mass is 79.9. The zero-order valence-corrected chi connectivity index (χ0v) is 14.5. The summed E-state index contributed by atoms with van der Waals surface area (Å²) in [5, 5.41) is 0. The van der Waals surface area contributed by atoms with Crippen molar-refractivity contribution in [3.8, 4) is 0 Å². The maximum Gasteiger partial charge on any atom is 0.251 e. The van der Waals surface area contributed by atoms with Crippen LogP contribution in [-0.2, 0) is 19.4 Å². The molecule has 3 rings (SSSR count). The van der Waals surface area contributed by atoms with E-state index in [1.54, 1.807) is 16.7 Å². The number of carbonyl (C=O) groups is 1. The monoisotopic (exact) mass is 415 g/mol. The standard InChI is InChI=1S/C14H11Br2NO2S/c15-12-6-9(14(16)20-12)11(18)7-17-10-3-1-2-8(10)4-5-13(17)19/h4-6H,1-3,7H2. The average Bonchev–Trinajstić information content (AvgIpc) is 2.99. The molecule has 2 heterocycles. The van der Waals surface area contributed by atoms with Crippen LogP contribution in [-0.4, -0.2) is 10.4 Å². The van der Waals surface area contributed by atoms with Crippen molar-refractivity contribution in [1.82, 2.24) is 4.57 Å². The number of ketones is 1. The van der Waals surface area contributed by atoms with Gasteiger partial charge in [0.15, 0.2) is 5.78 Å². The Bertz CT molecular complexity index is 748. The minimum atomic E-state index is -0.0931. The second kappa shape index (κ2) is 5.58. The number of fused-ring (bicyclic) bond motifs is 1. The lowest BCUT2D eigenvalue weighted by Crippen LogP contribution is -2.26. The van der Waals surface area contributed by atoms with Crippen molar-refractivity contribution >= 4 is 49.0 Å². The van der Waals surface area contributed by atoms with E-state index >= 15 is 0 Å². The second-order valence-corrected chi connectivity index (χ2v) is 8.49. The Morgan fingerprint density at radius 1 is 1.30 bits per heavy atom. The van der Waals surface area contributed by atoms with Gasteiger partial charge >= 0.3 is 0 Å². The molecule has 0 spiro atoms. The molecule has 0 saturated carbocycles. The van der Waals surface area contributed by atoms with E-state index in [1.807, 2.05) is 6.07 Å². The van der Waals surface area contributed by atoms with Crippen molar-refractivity contribution in [3.05, 3.63) is 52.9 Å². The van der Waals surface area contributed by atoms with E-state index in [4.69, 9.17) is 0 Å². The molecule has 0 saturated heterocycles. The largest absolute Gasteiger partial charge is 0.305 e. The summed E-state index contributed by atoms with van der Waals surface area (Å²) in [5.41, 5.74) is 2.76. The van der Waals surface area contributed by atoms with Crippen LogP contribution in [0.4, 0.5) is 0 Å². The normalized spacial score (nSPS) is 13.5. The van der Waals surface area contributed by atoms with Gasteiger partial charge in [-0.25, -0.2) is 0 Å². The average molecular weight is 417 g/mol. The topological polar surface area (TPSA) is 39.1 Å². The molecule has 2 aromatic heterocycles. The van der Waals surface area contributed by atoms with Gasteiger partial charge in [-0.3, -0.25) is 9.59 Å². The molecule has 1 aliphatic carbocycles. The fourth-order valence-electron chi connectivity index (χ4n) is 2.57. The molecule has 20 heavy (non-hydrogen) atoms. The van der Waals surface area contributed by atoms with Gasteiger partial charge in [-0.1, -0.05) is 6.07 Å². The number of nitrogens with zero attached hydrogens (tertiary/aromatic N) is 1. The molecule has 6 heteroatoms. The molecule has 0 fully saturated rings. The second-order valence-electron chi connectivity index (χ2n) is 4.74. The predicted octanol–water partition coefficient (Wildman–Crippen LogP) is 3.81. The summed E-state index contributed by atoms with van der Waals surface area (Å²) in [6, 6.07) is 5.25. The van der Waals surface area contributed by atoms with Crippen LogP contribution in [0.15, 0.2) is 30.6 Å². The Kier molecular flexibility index (Phi) is 3.97. The van der Waals surface area contributed by atoms with Crippen LogP contribution in [0, 0.1) is 0 Å². The Labute approximate surface area is 136 Å². The van der Waals surface area contributed by atoms with Crippen LogP contribution in [0.3, 0.4) is 0 Å². The molecule has 0 amide bonds. The zero-order valence-electron chi connectivity index (χ0n) is 10.5. The number of Topliss-reactive ketones (excluding diaryl/α,β-unsaturated/α-hetero) is 1. The van der Waals surface area contributed by atoms with Crippen LogP contribution in [0.25, 0.3) is 0 Å². The fourth-order valence-corrected chi connectivity index (χ4v) is 5.42. The first-order valence-electron chi connectivity index (χ1n) is 6.26. The summed E-state index contributed by atoms with van der Waals surface area (Å²) >= 11 is 8.22. The number of aryl methyl sites for hydroxylation is 1. The van der Waals surface area contributed by atoms with Crippen molar-refractivity contribution in [1.29, 1.82) is 0 Å². The van der Waals surface area contributed by atoms with E-state index < -0.39 is 0 Å². The number of halogens is 2. The van der Waals surface area contributed by atoms with E-state index in [-0.39, 0.29) is 17.9 Å². The molecule has 3 nitrogen and oxygen atoms in total. The highest BCUT2D eigenvalue weighted by Crippen LogP contribution is 2.32. The van der Waals surface area contributed by atoms with Gasteiger partial charge in [-0.2, -0.15) is 0 Å². The lowest BCUT2D eigenvalue weighted by atomic mass is 10.2. The van der Waals surface area contributed by atoms with Gasteiger partial charge in [-0.15, -0.1) is 11.3 Å². The van der Waals surface area contributed by atoms with Gasteiger partial charge in [0.25, 0.3) is 5.56 Å². The maximum absolute atomic E-state index is 12.4. The number of hydrogen-bond acceptors (Lipinski definition) is 3. The number of thiophene rings is 1. The van der Waals surface area contributed by atoms with Crippen molar-refractivity contribution in [3.63, 3.8) is 0 Å². The SMILES string of the molecule is O=C(Cn1c2c(ccc1=O)CCC2)c1cc(Br)sc1Br. The molecule has 1 aliphatic rings. The van der Waals surface area contributed by atoms with Crippen LogP contribution >= 0.6 is 43.2 Å². The third kappa shape index (κ3) is 2.56. The smallest absolute Gasteiger partial charge is 0.251 e. The number of hydrogen-bond donors (Lipinski definition) is 0. The van der Waals surface area contributed by atoms with E-state index in [0.717, 1.165) is 32.5 Å². The Balaban J connectivity index is 1.96. The molecule has 0 N–H and O–H groups in total. The number of aromatic nitrogens is 1. The highest BCUT2D eigenvalue weighted by molar-refractivity contribution is 9.12. The molecule has 0 aromatic carbocycles. The number of rotatable bonds is 3. The van der Waals surface area contributed by atoms with Gasteiger partial charge in [0.05, 0.1) is 14.1 Å². The van der Waals surface area contributed by atoms with Crippen LogP contribution in [0.1, 0.15) is 28.0 Å². The van der Waals surface area contributed by atoms with Gasteiger partial charge in [0, 0.05) is 17.3 Å². The first-order chi connectivity index (χ1) is 9.56. The summed E-state index contributed by atoms with van der Waals surface area (Å²) in [6.45, 7) is 0.115. The molecule has 0 atom stereocenters. The van der Waals surface area contributed by atoms with Crippen molar-refractivity contribution in [2.24, 2.45) is 0 Å². The van der Waals surface area contributed by atoms with Crippen molar-refractivity contribution in [2.45, 2.75) is 25.8 Å². The molecule has 0 radical (unpaired) electrons. The fraction of sp³-hybridized carbons (Fsp3) is 0.286. The molecule has 0 aliphatic heterocycles. The Morgan fingerprint density at radius 3 is 2.80 bits per heavy atom. The lowest BCUT2D eigenvalue weighted by molar-refractivity contribution is 0.0969. The summed E-state index contributed by atoms with van der Waals surface area (Å²) in [4.78, 5) is 24.4. The zero-order chi connectivity index (χ0) is 14.3. The van der Waals surface area contributed by atoms with E-state index in [9.17, 15) is 9.59 Å². The molecule has 2 aromatic rings. The molecule has 0 bridgehead atoms. The molecular weight excluding hydrogens is 406 g/mol. The van der Waals surface area contributed by atoms with E-state index in [1.165, 1.54) is 16.9 Å². The summed E-state index contributed by atoms with van der Waals surface area (Å²) in [7, 11) is 0. The van der Waals surface area contributed by atoms with Crippen LogP contribution in [0.2, 0.25) is 0 Å². The summed E-state index contributed by atoms with van der Waals surface area (Å²) < 4.78 is 3.33. The van der Waals surface area contributed by atoms with Gasteiger partial charge in [-0.05, 0) is 62.8 Å². The highest BCUT2D eigenvalue weighted by Gasteiger charge is 2.20. The predicted molar refractivity (Wildman–Crippen MR) is 86.8 cm³/mol. The van der Waals surface area contributed by atoms with Gasteiger partial charge in [0.1, 0.15) is 0 Å². The summed E-state index contributed by atoms with van der Waals surface area (Å²) in [6.07, 6.45) is 2.94. The first-order valence-corrected chi connectivity index (χ1v) is 8.66. The van der Waals surface area contributed by atoms with Gasteiger partial charge in [0.2, 0.25) is 0 Å². The molecule has 0 unspecified atom stereocenters. The lowest BCUT2D eigenvalue weighted by Gasteiger charge is -2.10. The first kappa shape index (κ1) is 14.2. The van der Waals surface area contributed by atoms with E-state index in [0.29, 0.717) is 5.56 Å². The third-order valence-corrected chi connectivity index (χ3v) is 5.85. The third-order valence-electron chi connectivity index (χ3n) is 3.51. The maximum atomic E-state index is 12.4. The van der Waals surface area contributed by atoms with Gasteiger partial charge < -0.3 is 4.57 Å². The van der Waals surface area contributed by atoms with E-state index in [2.05, 4.69) is 31.9 Å². The number of pyridine rings is 1. The van der Waals surface area contributed by atoms with Crippen LogP contribution < -0.4 is 5.56 Å².